The molecule has 0 unspecified atom stereocenters. The van der Waals surface area contributed by atoms with E-state index in [4.69, 9.17) is 5.73 Å². The third-order valence-electron chi connectivity index (χ3n) is 3.99. The molecule has 0 spiro atoms. The second kappa shape index (κ2) is 8.01. The molecule has 0 saturated heterocycles. The average molecular weight is 463 g/mol. The number of carbonyl (C=O) groups excluding carboxylic acids is 1. The van der Waals surface area contributed by atoms with Gasteiger partial charge in [-0.05, 0) is 30.3 Å². The minimum atomic E-state index is -5.08. The van der Waals surface area contributed by atoms with Gasteiger partial charge in [-0.3, -0.25) is 4.79 Å². The molecule has 0 fully saturated rings. The summed E-state index contributed by atoms with van der Waals surface area (Å²) < 4.78 is 106. The monoisotopic (exact) mass is 463 g/mol. The zero-order valence-corrected chi connectivity index (χ0v) is 15.3. The van der Waals surface area contributed by atoms with Crippen LogP contribution >= 0.6 is 0 Å². The van der Waals surface area contributed by atoms with E-state index in [9.17, 15) is 39.9 Å². The molecule has 32 heavy (non-hydrogen) atoms. The topological polar surface area (TPSA) is 86.7 Å². The van der Waals surface area contributed by atoms with Gasteiger partial charge >= 0.3 is 12.4 Å². The number of primary amides is 1. The van der Waals surface area contributed by atoms with Gasteiger partial charge in [-0.1, -0.05) is 0 Å². The summed E-state index contributed by atoms with van der Waals surface area (Å²) in [6.45, 7) is 0. The number of aromatic nitrogens is 4. The molecule has 1 amide bonds. The molecule has 0 atom stereocenters. The highest BCUT2D eigenvalue weighted by Crippen LogP contribution is 2.38. The summed E-state index contributed by atoms with van der Waals surface area (Å²) >= 11 is 0. The predicted molar refractivity (Wildman–Crippen MR) is 93.0 cm³/mol. The fraction of sp³-hybridized carbons (Fsp3) is 0.111. The summed E-state index contributed by atoms with van der Waals surface area (Å²) in [4.78, 5) is 18.2. The van der Waals surface area contributed by atoms with E-state index in [1.54, 1.807) is 0 Å². The molecule has 0 bridgehead atoms. The molecule has 2 aromatic heterocycles. The lowest BCUT2D eigenvalue weighted by atomic mass is 10.0. The quantitative estimate of drug-likeness (QED) is 0.358. The predicted octanol–water partition coefficient (Wildman–Crippen LogP) is 4.14. The summed E-state index contributed by atoms with van der Waals surface area (Å²) in [6, 6.07) is 2.36. The third kappa shape index (κ3) is 4.90. The number of hydrogen-bond donors (Lipinski definition) is 1. The van der Waals surface area contributed by atoms with Crippen LogP contribution in [0.15, 0.2) is 36.7 Å². The van der Waals surface area contributed by atoms with Crippen LogP contribution in [0.3, 0.4) is 0 Å². The van der Waals surface area contributed by atoms with E-state index in [1.165, 1.54) is 0 Å². The molecular weight excluding hydrogens is 454 g/mol. The maximum Gasteiger partial charge on any atom is 0.416 e. The number of benzene rings is 1. The number of carbonyl (C=O) groups is 1. The molecule has 2 N–H and O–H groups in total. The Morgan fingerprint density at radius 1 is 0.969 bits per heavy atom. The SMILES string of the molecule is NC(=O)/C(=C\n1cnc(-c2cc(C(F)(F)F)cc(C(F)(F)F)c2)n1)c1ccc(F)nc1F. The zero-order valence-electron chi connectivity index (χ0n) is 15.3. The first kappa shape index (κ1) is 22.8. The minimum Gasteiger partial charge on any atom is -0.366 e. The normalized spacial score (nSPS) is 12.8. The van der Waals surface area contributed by atoms with Gasteiger partial charge in [0.25, 0.3) is 5.91 Å². The first-order valence-electron chi connectivity index (χ1n) is 8.31. The Balaban J connectivity index is 2.08. The molecule has 3 rings (SSSR count). The summed E-state index contributed by atoms with van der Waals surface area (Å²) in [5.74, 6) is -4.32. The molecule has 0 aliphatic carbocycles. The van der Waals surface area contributed by atoms with Gasteiger partial charge in [0.15, 0.2) is 5.82 Å². The first-order valence-corrected chi connectivity index (χ1v) is 8.31. The summed E-state index contributed by atoms with van der Waals surface area (Å²) in [5, 5.41) is 3.69. The molecule has 6 nitrogen and oxygen atoms in total. The van der Waals surface area contributed by atoms with Gasteiger partial charge in [0, 0.05) is 17.3 Å². The van der Waals surface area contributed by atoms with Gasteiger partial charge in [-0.2, -0.15) is 40.1 Å². The number of amides is 1. The van der Waals surface area contributed by atoms with E-state index in [0.29, 0.717) is 16.8 Å². The van der Waals surface area contributed by atoms with E-state index in [0.717, 1.165) is 24.7 Å². The maximum atomic E-state index is 13.9. The Bertz CT molecular complexity index is 1180. The van der Waals surface area contributed by atoms with E-state index in [-0.39, 0.29) is 6.07 Å². The Hall–Kier alpha value is -3.84. The van der Waals surface area contributed by atoms with Crippen molar-refractivity contribution in [1.29, 1.82) is 0 Å². The molecule has 0 radical (unpaired) electrons. The number of rotatable bonds is 4. The van der Waals surface area contributed by atoms with Crippen molar-refractivity contribution in [2.75, 3.05) is 0 Å². The lowest BCUT2D eigenvalue weighted by Crippen LogP contribution is -2.15. The molecular formula is C18H9F8N5O. The van der Waals surface area contributed by atoms with E-state index in [1.807, 2.05) is 0 Å². The molecule has 0 saturated carbocycles. The van der Waals surface area contributed by atoms with Gasteiger partial charge in [0.1, 0.15) is 6.33 Å². The number of nitrogens with two attached hydrogens (primary N) is 1. The fourth-order valence-electron chi connectivity index (χ4n) is 2.56. The Morgan fingerprint density at radius 2 is 1.56 bits per heavy atom. The smallest absolute Gasteiger partial charge is 0.366 e. The van der Waals surface area contributed by atoms with Crippen molar-refractivity contribution in [3.8, 4) is 11.4 Å². The van der Waals surface area contributed by atoms with Crippen LogP contribution in [0, 0.1) is 11.9 Å². The van der Waals surface area contributed by atoms with Crippen molar-refractivity contribution >= 4 is 17.7 Å². The molecule has 3 aromatic rings. The number of alkyl halides is 6. The molecule has 168 valence electrons. The third-order valence-corrected chi connectivity index (χ3v) is 3.99. The fourth-order valence-corrected chi connectivity index (χ4v) is 2.56. The van der Waals surface area contributed by atoms with Gasteiger partial charge in [0.05, 0.1) is 16.7 Å². The highest BCUT2D eigenvalue weighted by Gasteiger charge is 2.37. The standard InChI is InChI=1S/C18H9F8N5O/c19-13-2-1-11(14(20)29-13)12(15(27)32)6-31-7-28-16(30-31)8-3-9(17(21,22)23)5-10(4-8)18(24,25)26/h1-7H,(H2,27,32)/b12-6-. The van der Waals surface area contributed by atoms with E-state index >= 15 is 0 Å². The highest BCUT2D eigenvalue weighted by atomic mass is 19.4. The molecule has 14 heteroatoms. The van der Waals surface area contributed by atoms with Crippen molar-refractivity contribution in [2.24, 2.45) is 5.73 Å². The van der Waals surface area contributed by atoms with Crippen LogP contribution in [0.25, 0.3) is 23.2 Å². The van der Waals surface area contributed by atoms with Crippen LogP contribution in [-0.2, 0) is 17.1 Å². The molecule has 2 heterocycles. The number of hydrogen-bond acceptors (Lipinski definition) is 4. The van der Waals surface area contributed by atoms with Gasteiger partial charge in [-0.15, -0.1) is 5.10 Å². The molecule has 0 aliphatic rings. The van der Waals surface area contributed by atoms with E-state index < -0.39 is 63.8 Å². The Morgan fingerprint density at radius 3 is 2.06 bits per heavy atom. The maximum absolute atomic E-state index is 13.9. The van der Waals surface area contributed by atoms with Gasteiger partial charge in [-0.25, -0.2) is 9.67 Å². The largest absolute Gasteiger partial charge is 0.416 e. The molecule has 0 aliphatic heterocycles. The van der Waals surface area contributed by atoms with Crippen LogP contribution in [0.5, 0.6) is 0 Å². The van der Waals surface area contributed by atoms with Crippen LogP contribution < -0.4 is 5.73 Å². The Labute approximate surface area is 173 Å². The second-order valence-electron chi connectivity index (χ2n) is 6.22. The van der Waals surface area contributed by atoms with Crippen molar-refractivity contribution < 1.29 is 39.9 Å². The lowest BCUT2D eigenvalue weighted by molar-refractivity contribution is -0.143. The van der Waals surface area contributed by atoms with Crippen molar-refractivity contribution in [3.05, 3.63) is 65.2 Å². The van der Waals surface area contributed by atoms with E-state index in [2.05, 4.69) is 15.1 Å². The second-order valence-corrected chi connectivity index (χ2v) is 6.22. The van der Waals surface area contributed by atoms with Crippen LogP contribution in [-0.4, -0.2) is 25.7 Å². The van der Waals surface area contributed by atoms with Crippen LogP contribution in [0.2, 0.25) is 0 Å². The summed E-state index contributed by atoms with van der Waals surface area (Å²) in [7, 11) is 0. The lowest BCUT2D eigenvalue weighted by Gasteiger charge is -2.13. The Kier molecular flexibility index (Phi) is 5.72. The van der Waals surface area contributed by atoms with Crippen molar-refractivity contribution in [2.45, 2.75) is 12.4 Å². The first-order chi connectivity index (χ1) is 14.8. The zero-order chi connectivity index (χ0) is 23.8. The van der Waals surface area contributed by atoms with Gasteiger partial charge < -0.3 is 5.73 Å². The van der Waals surface area contributed by atoms with Crippen LogP contribution in [0.4, 0.5) is 35.1 Å². The highest BCUT2D eigenvalue weighted by molar-refractivity contribution is 6.22. The summed E-state index contributed by atoms with van der Waals surface area (Å²) in [5.41, 5.74) is 0.317. The van der Waals surface area contributed by atoms with Crippen molar-refractivity contribution in [1.82, 2.24) is 19.7 Å². The minimum absolute atomic E-state index is 0.0596. The number of pyridine rings is 1. The van der Waals surface area contributed by atoms with Gasteiger partial charge in [0.2, 0.25) is 11.9 Å². The van der Waals surface area contributed by atoms with Crippen LogP contribution in [0.1, 0.15) is 16.7 Å². The number of nitrogens with zero attached hydrogens (tertiary/aromatic N) is 4. The number of halogens is 8. The van der Waals surface area contributed by atoms with Crippen molar-refractivity contribution in [3.63, 3.8) is 0 Å². The average Bonchev–Trinajstić information content (AvgIpc) is 3.13. The molecule has 1 aromatic carbocycles. The summed E-state index contributed by atoms with van der Waals surface area (Å²) in [6.07, 6.45) is -8.52.